The first-order valence-electron chi connectivity index (χ1n) is 9.12. The monoisotopic (exact) mass is 387 g/mol. The molecule has 3 heterocycles. The molecule has 2 aromatic heterocycles. The van der Waals surface area contributed by atoms with Crippen LogP contribution in [0.4, 0.5) is 4.39 Å². The molecule has 0 fully saturated rings. The fourth-order valence-corrected chi connectivity index (χ4v) is 5.42. The summed E-state index contributed by atoms with van der Waals surface area (Å²) in [5, 5.41) is 1.15. The maximum Gasteiger partial charge on any atom is 0.243 e. The highest BCUT2D eigenvalue weighted by molar-refractivity contribution is 7.89. The van der Waals surface area contributed by atoms with E-state index in [4.69, 9.17) is 0 Å². The molecule has 1 aliphatic heterocycles. The molecule has 7 heteroatoms. The zero-order valence-electron chi connectivity index (χ0n) is 15.4. The number of sulfonamides is 1. The lowest BCUT2D eigenvalue weighted by atomic mass is 10.0. The van der Waals surface area contributed by atoms with Gasteiger partial charge in [0.2, 0.25) is 10.0 Å². The Kier molecular flexibility index (Phi) is 4.52. The van der Waals surface area contributed by atoms with Crippen LogP contribution in [0.2, 0.25) is 0 Å². The van der Waals surface area contributed by atoms with Crippen LogP contribution in [0.5, 0.6) is 0 Å². The predicted molar refractivity (Wildman–Crippen MR) is 103 cm³/mol. The van der Waals surface area contributed by atoms with Crippen molar-refractivity contribution in [3.05, 3.63) is 59.7 Å². The summed E-state index contributed by atoms with van der Waals surface area (Å²) in [4.78, 5) is 4.65. The van der Waals surface area contributed by atoms with Gasteiger partial charge in [-0.05, 0) is 61.2 Å². The minimum absolute atomic E-state index is 0.113. The number of fused-ring (bicyclic) bond motifs is 3. The van der Waals surface area contributed by atoms with Crippen molar-refractivity contribution in [3.63, 3.8) is 0 Å². The Labute approximate surface area is 158 Å². The Hall–Kier alpha value is -2.25. The van der Waals surface area contributed by atoms with E-state index in [1.807, 2.05) is 6.07 Å². The summed E-state index contributed by atoms with van der Waals surface area (Å²) in [6.07, 6.45) is 4.27. The van der Waals surface area contributed by atoms with Gasteiger partial charge in [0.15, 0.2) is 0 Å². The summed E-state index contributed by atoms with van der Waals surface area (Å²) < 4.78 is 42.7. The van der Waals surface area contributed by atoms with E-state index in [0.717, 1.165) is 30.3 Å². The molecule has 27 heavy (non-hydrogen) atoms. The van der Waals surface area contributed by atoms with E-state index < -0.39 is 15.8 Å². The van der Waals surface area contributed by atoms with Gasteiger partial charge < -0.3 is 4.57 Å². The molecule has 5 nitrogen and oxygen atoms in total. The van der Waals surface area contributed by atoms with Crippen molar-refractivity contribution in [1.82, 2.24) is 13.9 Å². The number of aryl methyl sites for hydroxylation is 1. The zero-order chi connectivity index (χ0) is 19.2. The molecule has 1 atom stereocenters. The molecule has 0 saturated heterocycles. The lowest BCUT2D eigenvalue weighted by molar-refractivity contribution is 0.293. The van der Waals surface area contributed by atoms with Crippen LogP contribution in [0.3, 0.4) is 0 Å². The van der Waals surface area contributed by atoms with Gasteiger partial charge in [-0.25, -0.2) is 17.8 Å². The quantitative estimate of drug-likeness (QED) is 0.690. The van der Waals surface area contributed by atoms with Gasteiger partial charge in [-0.1, -0.05) is 6.92 Å². The normalized spacial score (nSPS) is 17.4. The van der Waals surface area contributed by atoms with E-state index in [2.05, 4.69) is 22.5 Å². The molecule has 0 amide bonds. The summed E-state index contributed by atoms with van der Waals surface area (Å²) in [6.45, 7) is 2.71. The second-order valence-corrected chi connectivity index (χ2v) is 8.93. The minimum Gasteiger partial charge on any atom is -0.328 e. The van der Waals surface area contributed by atoms with E-state index in [1.165, 1.54) is 39.8 Å². The van der Waals surface area contributed by atoms with Crippen LogP contribution < -0.4 is 0 Å². The topological polar surface area (TPSA) is 55.2 Å². The first kappa shape index (κ1) is 18.1. The standard InChI is InChI=1S/C20H22FN3O2S/c1-3-17-18-5-4-12-22-20(18)24-13-15(8-11-19(17)24)23(2)27(25,26)16-9-6-14(21)7-10-16/h4-7,9-10,12,15H,3,8,11,13H2,1-2H3. The first-order chi connectivity index (χ1) is 12.9. The Morgan fingerprint density at radius 2 is 2.00 bits per heavy atom. The van der Waals surface area contributed by atoms with E-state index in [1.54, 1.807) is 13.2 Å². The highest BCUT2D eigenvalue weighted by Gasteiger charge is 2.32. The lowest BCUT2D eigenvalue weighted by Gasteiger charge is -2.32. The zero-order valence-corrected chi connectivity index (χ0v) is 16.2. The van der Waals surface area contributed by atoms with Gasteiger partial charge in [-0.15, -0.1) is 0 Å². The fourth-order valence-electron chi connectivity index (χ4n) is 4.04. The molecule has 0 aliphatic carbocycles. The Bertz CT molecular complexity index is 1090. The van der Waals surface area contributed by atoms with Crippen LogP contribution in [0.25, 0.3) is 11.0 Å². The average Bonchev–Trinajstić information content (AvgIpc) is 3.00. The van der Waals surface area contributed by atoms with Gasteiger partial charge >= 0.3 is 0 Å². The molecule has 0 radical (unpaired) electrons. The molecule has 1 aliphatic rings. The number of pyridine rings is 1. The van der Waals surface area contributed by atoms with Crippen molar-refractivity contribution in [2.24, 2.45) is 0 Å². The molecule has 3 aromatic rings. The van der Waals surface area contributed by atoms with Crippen molar-refractivity contribution in [2.45, 2.75) is 43.7 Å². The molecule has 1 aromatic carbocycles. The SMILES string of the molecule is CCc1c2n(c3ncccc13)CC(N(C)S(=O)(=O)c1ccc(F)cc1)CC2. The van der Waals surface area contributed by atoms with Crippen molar-refractivity contribution in [2.75, 3.05) is 7.05 Å². The molecule has 0 bridgehead atoms. The average molecular weight is 387 g/mol. The number of hydrogen-bond donors (Lipinski definition) is 0. The number of halogens is 1. The predicted octanol–water partition coefficient (Wildman–Crippen LogP) is 3.37. The van der Waals surface area contributed by atoms with Crippen molar-refractivity contribution >= 4 is 21.1 Å². The molecule has 0 saturated carbocycles. The van der Waals surface area contributed by atoms with E-state index >= 15 is 0 Å². The number of hydrogen-bond acceptors (Lipinski definition) is 3. The van der Waals surface area contributed by atoms with Gasteiger partial charge in [0.05, 0.1) is 4.90 Å². The van der Waals surface area contributed by atoms with E-state index in [9.17, 15) is 12.8 Å². The highest BCUT2D eigenvalue weighted by Crippen LogP contribution is 2.32. The van der Waals surface area contributed by atoms with Crippen LogP contribution in [0, 0.1) is 5.82 Å². The third-order valence-corrected chi connectivity index (χ3v) is 7.43. The maximum atomic E-state index is 13.2. The van der Waals surface area contributed by atoms with Gasteiger partial charge in [0.25, 0.3) is 0 Å². The van der Waals surface area contributed by atoms with Gasteiger partial charge in [0.1, 0.15) is 11.5 Å². The summed E-state index contributed by atoms with van der Waals surface area (Å²) in [5.74, 6) is -0.448. The summed E-state index contributed by atoms with van der Waals surface area (Å²) in [5.41, 5.74) is 3.48. The highest BCUT2D eigenvalue weighted by atomic mass is 32.2. The fraction of sp³-hybridized carbons (Fsp3) is 0.350. The second-order valence-electron chi connectivity index (χ2n) is 6.93. The largest absolute Gasteiger partial charge is 0.328 e. The number of benzene rings is 1. The molecular weight excluding hydrogens is 365 g/mol. The maximum absolute atomic E-state index is 13.2. The Morgan fingerprint density at radius 3 is 2.70 bits per heavy atom. The molecule has 1 unspecified atom stereocenters. The van der Waals surface area contributed by atoms with Gasteiger partial charge in [0, 0.05) is 36.9 Å². The Morgan fingerprint density at radius 1 is 1.26 bits per heavy atom. The summed E-state index contributed by atoms with van der Waals surface area (Å²) in [6, 6.07) is 8.84. The third kappa shape index (κ3) is 2.95. The van der Waals surface area contributed by atoms with Crippen LogP contribution in [-0.2, 0) is 29.4 Å². The van der Waals surface area contributed by atoms with E-state index in [-0.39, 0.29) is 10.9 Å². The molecule has 4 rings (SSSR count). The number of nitrogens with zero attached hydrogens (tertiary/aromatic N) is 3. The van der Waals surface area contributed by atoms with Crippen molar-refractivity contribution in [1.29, 1.82) is 0 Å². The van der Waals surface area contributed by atoms with Gasteiger partial charge in [-0.2, -0.15) is 4.31 Å². The third-order valence-electron chi connectivity index (χ3n) is 5.51. The van der Waals surface area contributed by atoms with Crippen molar-refractivity contribution < 1.29 is 12.8 Å². The van der Waals surface area contributed by atoms with Crippen LogP contribution in [0.1, 0.15) is 24.6 Å². The van der Waals surface area contributed by atoms with Crippen LogP contribution in [-0.4, -0.2) is 35.4 Å². The summed E-state index contributed by atoms with van der Waals surface area (Å²) >= 11 is 0. The van der Waals surface area contributed by atoms with Crippen LogP contribution in [0.15, 0.2) is 47.5 Å². The molecule has 0 N–H and O–H groups in total. The molecular formula is C20H22FN3O2S. The molecule has 0 spiro atoms. The lowest BCUT2D eigenvalue weighted by Crippen LogP contribution is -2.42. The van der Waals surface area contributed by atoms with Crippen molar-refractivity contribution in [3.8, 4) is 0 Å². The second kappa shape index (κ2) is 6.73. The number of aromatic nitrogens is 2. The number of likely N-dealkylation sites (N-methyl/N-ethyl adjacent to an activating group) is 1. The smallest absolute Gasteiger partial charge is 0.243 e. The Balaban J connectivity index is 1.69. The van der Waals surface area contributed by atoms with Gasteiger partial charge in [-0.3, -0.25) is 0 Å². The number of rotatable bonds is 4. The summed E-state index contributed by atoms with van der Waals surface area (Å²) in [7, 11) is -2.07. The van der Waals surface area contributed by atoms with E-state index in [0.29, 0.717) is 6.54 Å². The molecule has 142 valence electrons. The minimum atomic E-state index is -3.68. The first-order valence-corrected chi connectivity index (χ1v) is 10.6. The van der Waals surface area contributed by atoms with Crippen LogP contribution >= 0.6 is 0 Å².